The van der Waals surface area contributed by atoms with Crippen molar-refractivity contribution in [1.29, 1.82) is 0 Å². The highest BCUT2D eigenvalue weighted by molar-refractivity contribution is 5.95. The number of carboxylic acid groups (broad SMARTS) is 1. The minimum absolute atomic E-state index is 0.0376. The van der Waals surface area contributed by atoms with Gasteiger partial charge < -0.3 is 14.7 Å². The molecule has 130 valence electrons. The summed E-state index contributed by atoms with van der Waals surface area (Å²) in [7, 11) is 0. The van der Waals surface area contributed by atoms with Crippen LogP contribution in [0.15, 0.2) is 48.8 Å². The number of nitrogens with zero attached hydrogens (tertiary/aromatic N) is 2. The van der Waals surface area contributed by atoms with Crippen molar-refractivity contribution >= 4 is 11.9 Å². The number of aromatic nitrogens is 1. The monoisotopic (exact) mass is 340 g/mol. The number of ether oxygens (including phenoxy) is 1. The quantitative estimate of drug-likeness (QED) is 0.904. The molecule has 3 rings (SSSR count). The third kappa shape index (κ3) is 3.96. The van der Waals surface area contributed by atoms with Gasteiger partial charge in [-0.3, -0.25) is 14.6 Å². The summed E-state index contributed by atoms with van der Waals surface area (Å²) in [5, 5.41) is 9.18. The predicted molar refractivity (Wildman–Crippen MR) is 91.2 cm³/mol. The molecule has 25 heavy (non-hydrogen) atoms. The minimum atomic E-state index is -0.845. The second kappa shape index (κ2) is 7.34. The summed E-state index contributed by atoms with van der Waals surface area (Å²) in [6.07, 6.45) is 3.42. The zero-order valence-corrected chi connectivity index (χ0v) is 14.0. The van der Waals surface area contributed by atoms with E-state index in [-0.39, 0.29) is 18.4 Å². The van der Waals surface area contributed by atoms with Crippen molar-refractivity contribution in [3.63, 3.8) is 0 Å². The second-order valence-electron chi connectivity index (χ2n) is 6.30. The third-order valence-corrected chi connectivity index (χ3v) is 4.47. The average Bonchev–Trinajstić information content (AvgIpc) is 3.03. The van der Waals surface area contributed by atoms with Crippen LogP contribution in [-0.2, 0) is 11.4 Å². The van der Waals surface area contributed by atoms with Crippen molar-refractivity contribution in [2.24, 2.45) is 11.8 Å². The van der Waals surface area contributed by atoms with Crippen LogP contribution in [0.2, 0.25) is 0 Å². The Morgan fingerprint density at radius 3 is 2.44 bits per heavy atom. The van der Waals surface area contributed by atoms with Gasteiger partial charge in [-0.1, -0.05) is 6.92 Å². The van der Waals surface area contributed by atoms with Gasteiger partial charge in [-0.15, -0.1) is 0 Å². The lowest BCUT2D eigenvalue weighted by Crippen LogP contribution is -2.29. The van der Waals surface area contributed by atoms with Gasteiger partial charge in [-0.2, -0.15) is 0 Å². The molecule has 1 aliphatic rings. The molecule has 0 unspecified atom stereocenters. The Kier molecular flexibility index (Phi) is 4.97. The fourth-order valence-corrected chi connectivity index (χ4v) is 2.98. The van der Waals surface area contributed by atoms with Crippen molar-refractivity contribution in [2.45, 2.75) is 13.5 Å². The van der Waals surface area contributed by atoms with Gasteiger partial charge in [0, 0.05) is 31.0 Å². The first-order valence-corrected chi connectivity index (χ1v) is 8.18. The van der Waals surface area contributed by atoms with E-state index in [1.807, 2.05) is 19.1 Å². The highest BCUT2D eigenvalue weighted by Gasteiger charge is 2.37. The second-order valence-corrected chi connectivity index (χ2v) is 6.30. The predicted octanol–water partition coefficient (Wildman–Crippen LogP) is 2.45. The molecule has 1 aliphatic heterocycles. The Bertz CT molecular complexity index is 746. The molecule has 1 aromatic carbocycles. The van der Waals surface area contributed by atoms with Gasteiger partial charge in [0.25, 0.3) is 5.91 Å². The molecule has 0 radical (unpaired) electrons. The molecule has 2 atom stereocenters. The maximum Gasteiger partial charge on any atom is 0.308 e. The molecule has 1 saturated heterocycles. The molecule has 1 fully saturated rings. The van der Waals surface area contributed by atoms with E-state index in [4.69, 9.17) is 4.74 Å². The Morgan fingerprint density at radius 2 is 1.84 bits per heavy atom. The van der Waals surface area contributed by atoms with Crippen LogP contribution in [0.1, 0.15) is 22.8 Å². The van der Waals surface area contributed by atoms with Crippen molar-refractivity contribution in [3.05, 3.63) is 59.9 Å². The lowest BCUT2D eigenvalue weighted by molar-refractivity contribution is -0.142. The number of aliphatic carboxylic acids is 1. The lowest BCUT2D eigenvalue weighted by atomic mass is 9.99. The van der Waals surface area contributed by atoms with Crippen molar-refractivity contribution in [1.82, 2.24) is 9.88 Å². The smallest absolute Gasteiger partial charge is 0.308 e. The summed E-state index contributed by atoms with van der Waals surface area (Å²) >= 11 is 0. The minimum Gasteiger partial charge on any atom is -0.489 e. The van der Waals surface area contributed by atoms with Crippen molar-refractivity contribution in [3.8, 4) is 5.75 Å². The first kappa shape index (κ1) is 17.0. The van der Waals surface area contributed by atoms with Gasteiger partial charge in [0.05, 0.1) is 5.92 Å². The van der Waals surface area contributed by atoms with Crippen LogP contribution in [0.25, 0.3) is 0 Å². The highest BCUT2D eigenvalue weighted by atomic mass is 16.5. The third-order valence-electron chi connectivity index (χ3n) is 4.47. The fraction of sp³-hybridized carbons (Fsp3) is 0.316. The van der Waals surface area contributed by atoms with E-state index < -0.39 is 11.9 Å². The zero-order valence-electron chi connectivity index (χ0n) is 14.0. The number of hydrogen-bond acceptors (Lipinski definition) is 4. The maximum atomic E-state index is 12.5. The number of hydrogen-bond donors (Lipinski definition) is 1. The molecule has 1 amide bonds. The van der Waals surface area contributed by atoms with Crippen LogP contribution in [0, 0.1) is 11.8 Å². The molecule has 0 aliphatic carbocycles. The summed E-state index contributed by atoms with van der Waals surface area (Å²) in [6.45, 7) is 3.02. The SMILES string of the molecule is C[C@@H]1CN(C(=O)c2ccc(OCc3ccncc3)cc2)C[C@H]1C(=O)O. The molecule has 0 bridgehead atoms. The number of likely N-dealkylation sites (tertiary alicyclic amines) is 1. The normalized spacial score (nSPS) is 19.6. The van der Waals surface area contributed by atoms with Crippen molar-refractivity contribution in [2.75, 3.05) is 13.1 Å². The molecule has 2 aromatic rings. The summed E-state index contributed by atoms with van der Waals surface area (Å²) < 4.78 is 5.69. The molecule has 0 spiro atoms. The fourth-order valence-electron chi connectivity index (χ4n) is 2.98. The summed E-state index contributed by atoms with van der Waals surface area (Å²) in [6, 6.07) is 10.7. The molecular formula is C19H20N2O4. The Morgan fingerprint density at radius 1 is 1.16 bits per heavy atom. The van der Waals surface area contributed by atoms with E-state index in [1.165, 1.54) is 0 Å². The molecule has 2 heterocycles. The standard InChI is InChI=1S/C19H20N2O4/c1-13-10-21(11-17(13)19(23)24)18(22)15-2-4-16(5-3-15)25-12-14-6-8-20-9-7-14/h2-9,13,17H,10-12H2,1H3,(H,23,24)/t13-,17-/m1/s1. The molecule has 0 saturated carbocycles. The largest absolute Gasteiger partial charge is 0.489 e. The Labute approximate surface area is 146 Å². The van der Waals surface area contributed by atoms with E-state index in [9.17, 15) is 14.7 Å². The number of amides is 1. The van der Waals surface area contributed by atoms with Crippen LogP contribution in [0.5, 0.6) is 5.75 Å². The average molecular weight is 340 g/mol. The Balaban J connectivity index is 1.60. The summed E-state index contributed by atoms with van der Waals surface area (Å²) in [5.41, 5.74) is 1.55. The van der Waals surface area contributed by atoms with Crippen LogP contribution in [0.4, 0.5) is 0 Å². The molecular weight excluding hydrogens is 320 g/mol. The molecule has 1 aromatic heterocycles. The van der Waals surface area contributed by atoms with Gasteiger partial charge in [-0.25, -0.2) is 0 Å². The van der Waals surface area contributed by atoms with E-state index >= 15 is 0 Å². The number of carbonyl (C=O) groups is 2. The highest BCUT2D eigenvalue weighted by Crippen LogP contribution is 2.25. The first-order valence-electron chi connectivity index (χ1n) is 8.18. The van der Waals surface area contributed by atoms with Crippen LogP contribution in [-0.4, -0.2) is 40.0 Å². The van der Waals surface area contributed by atoms with Gasteiger partial charge >= 0.3 is 5.97 Å². The van der Waals surface area contributed by atoms with Gasteiger partial charge in [0.15, 0.2) is 0 Å². The van der Waals surface area contributed by atoms with Crippen molar-refractivity contribution < 1.29 is 19.4 Å². The van der Waals surface area contributed by atoms with E-state index in [0.717, 1.165) is 5.56 Å². The van der Waals surface area contributed by atoms with E-state index in [2.05, 4.69) is 4.98 Å². The lowest BCUT2D eigenvalue weighted by Gasteiger charge is -2.16. The zero-order chi connectivity index (χ0) is 17.8. The van der Waals surface area contributed by atoms with Crippen LogP contribution < -0.4 is 4.74 Å². The van der Waals surface area contributed by atoms with Gasteiger partial charge in [0.2, 0.25) is 0 Å². The molecule has 1 N–H and O–H groups in total. The maximum absolute atomic E-state index is 12.5. The molecule has 6 heteroatoms. The first-order chi connectivity index (χ1) is 12.0. The summed E-state index contributed by atoms with van der Waals surface area (Å²) in [4.78, 5) is 29.3. The van der Waals surface area contributed by atoms with E-state index in [1.54, 1.807) is 41.6 Å². The van der Waals surface area contributed by atoms with E-state index in [0.29, 0.717) is 24.5 Å². The summed E-state index contributed by atoms with van der Waals surface area (Å²) in [5.74, 6) is -0.846. The topological polar surface area (TPSA) is 79.7 Å². The number of rotatable bonds is 5. The van der Waals surface area contributed by atoms with Crippen LogP contribution in [0.3, 0.4) is 0 Å². The van der Waals surface area contributed by atoms with Crippen LogP contribution >= 0.6 is 0 Å². The number of benzene rings is 1. The Hall–Kier alpha value is -2.89. The van der Waals surface area contributed by atoms with Gasteiger partial charge in [-0.05, 0) is 47.9 Å². The number of carbonyl (C=O) groups excluding carboxylic acids is 1. The number of pyridine rings is 1. The van der Waals surface area contributed by atoms with Gasteiger partial charge in [0.1, 0.15) is 12.4 Å². The number of carboxylic acids is 1. The molecule has 6 nitrogen and oxygen atoms in total.